The van der Waals surface area contributed by atoms with Gasteiger partial charge in [0.2, 0.25) is 0 Å². The van der Waals surface area contributed by atoms with Gasteiger partial charge in [-0.05, 0) is 37.1 Å². The summed E-state index contributed by atoms with van der Waals surface area (Å²) in [5, 5.41) is 10.4. The van der Waals surface area contributed by atoms with Crippen molar-refractivity contribution in [3.63, 3.8) is 0 Å². The summed E-state index contributed by atoms with van der Waals surface area (Å²) in [6.45, 7) is 2.66. The van der Waals surface area contributed by atoms with Gasteiger partial charge < -0.3 is 19.3 Å². The Hall–Kier alpha value is -1.50. The van der Waals surface area contributed by atoms with E-state index in [4.69, 9.17) is 14.2 Å². The van der Waals surface area contributed by atoms with Crippen molar-refractivity contribution in [1.82, 2.24) is 0 Å². The summed E-state index contributed by atoms with van der Waals surface area (Å²) in [4.78, 5) is 23.7. The van der Waals surface area contributed by atoms with E-state index in [2.05, 4.69) is 6.92 Å². The second kappa shape index (κ2) is 11.4. The van der Waals surface area contributed by atoms with E-state index in [1.165, 1.54) is 50.7 Å². The lowest BCUT2D eigenvalue weighted by Gasteiger charge is -2.41. The minimum atomic E-state index is -0.921. The molecule has 0 unspecified atom stereocenters. The molecule has 174 valence electrons. The van der Waals surface area contributed by atoms with Crippen molar-refractivity contribution < 1.29 is 28.9 Å². The molecule has 0 bridgehead atoms. The van der Waals surface area contributed by atoms with E-state index in [9.17, 15) is 14.7 Å². The van der Waals surface area contributed by atoms with Crippen LogP contribution in [0, 0.1) is 0 Å². The predicted octanol–water partition coefficient (Wildman–Crippen LogP) is 4.54. The van der Waals surface area contributed by atoms with E-state index in [1.54, 1.807) is 12.2 Å². The first kappa shape index (κ1) is 24.1. The minimum absolute atomic E-state index is 0.0584. The predicted molar refractivity (Wildman–Crippen MR) is 117 cm³/mol. The zero-order chi connectivity index (χ0) is 22.2. The van der Waals surface area contributed by atoms with Crippen LogP contribution >= 0.6 is 0 Å². The van der Waals surface area contributed by atoms with Crippen LogP contribution in [0.4, 0.5) is 0 Å². The fraction of sp³-hybridized carbons (Fsp3) is 0.760. The van der Waals surface area contributed by atoms with Gasteiger partial charge in [0.25, 0.3) is 0 Å². The van der Waals surface area contributed by atoms with Gasteiger partial charge in [0.05, 0.1) is 25.2 Å². The van der Waals surface area contributed by atoms with Gasteiger partial charge in [-0.15, -0.1) is 0 Å². The van der Waals surface area contributed by atoms with Crippen LogP contribution in [0.25, 0.3) is 0 Å². The maximum absolute atomic E-state index is 12.3. The van der Waals surface area contributed by atoms with Gasteiger partial charge in [0, 0.05) is 19.3 Å². The highest BCUT2D eigenvalue weighted by Gasteiger charge is 2.52. The molecule has 2 fully saturated rings. The van der Waals surface area contributed by atoms with E-state index in [0.717, 1.165) is 12.8 Å². The molecule has 1 aliphatic carbocycles. The number of hydrogen-bond donors (Lipinski definition) is 1. The highest BCUT2D eigenvalue weighted by molar-refractivity contribution is 6.00. The molecule has 3 rings (SSSR count). The van der Waals surface area contributed by atoms with Gasteiger partial charge in [-0.25, -0.2) is 0 Å². The number of rotatable bonds is 11. The summed E-state index contributed by atoms with van der Waals surface area (Å²) < 4.78 is 17.8. The molecule has 3 aliphatic rings. The average molecular weight is 435 g/mol. The molecular formula is C25H38O6. The van der Waals surface area contributed by atoms with E-state index < -0.39 is 23.6 Å². The Balaban J connectivity index is 1.37. The minimum Gasteiger partial charge on any atom is -0.466 e. The molecule has 0 aromatic carbocycles. The van der Waals surface area contributed by atoms with Crippen LogP contribution < -0.4 is 0 Å². The van der Waals surface area contributed by atoms with Gasteiger partial charge in [-0.2, -0.15) is 0 Å². The van der Waals surface area contributed by atoms with Crippen LogP contribution in [-0.2, 0) is 23.8 Å². The summed E-state index contributed by atoms with van der Waals surface area (Å²) in [5.41, 5.74) is -0.660. The van der Waals surface area contributed by atoms with Crippen LogP contribution in [-0.4, -0.2) is 47.1 Å². The molecule has 2 spiro atoms. The SMILES string of the molecule is CCCCCCCCCCOC(=O)C[C@H]1C[C@H](O)C[C@]2(CCC3(C=CC(=O)C=C3)O2)O1. The number of aliphatic hydroxyl groups is 1. The molecule has 6 nitrogen and oxygen atoms in total. The maximum atomic E-state index is 12.3. The van der Waals surface area contributed by atoms with Crippen LogP contribution in [0.2, 0.25) is 0 Å². The molecular weight excluding hydrogens is 396 g/mol. The van der Waals surface area contributed by atoms with Crippen LogP contribution in [0.3, 0.4) is 0 Å². The standard InChI is InChI=1S/C25H38O6/c1-2-3-4-5-6-7-8-9-16-29-23(28)18-22-17-21(27)19-25(30-22)15-14-24(31-25)12-10-20(26)11-13-24/h10-13,21-22,27H,2-9,14-19H2,1H3/t21-,22+,25+/m0/s1. The highest BCUT2D eigenvalue weighted by atomic mass is 16.7. The number of ketones is 1. The normalized spacial score (nSPS) is 29.2. The van der Waals surface area contributed by atoms with Crippen LogP contribution in [0.5, 0.6) is 0 Å². The van der Waals surface area contributed by atoms with Crippen molar-refractivity contribution in [2.45, 2.75) is 114 Å². The van der Waals surface area contributed by atoms with Gasteiger partial charge >= 0.3 is 5.97 Å². The Bertz CT molecular complexity index is 653. The topological polar surface area (TPSA) is 82.1 Å². The first-order valence-electron chi connectivity index (χ1n) is 12.1. The van der Waals surface area contributed by atoms with Crippen molar-refractivity contribution in [1.29, 1.82) is 0 Å². The Morgan fingerprint density at radius 2 is 1.77 bits per heavy atom. The number of aliphatic hydroxyl groups excluding tert-OH is 1. The second-order valence-electron chi connectivity index (χ2n) is 9.27. The number of hydrogen-bond acceptors (Lipinski definition) is 6. The number of unbranched alkanes of at least 4 members (excludes halogenated alkanes) is 7. The molecule has 1 N–H and O–H groups in total. The smallest absolute Gasteiger partial charge is 0.308 e. The molecule has 3 atom stereocenters. The highest BCUT2D eigenvalue weighted by Crippen LogP contribution is 2.47. The third-order valence-electron chi connectivity index (χ3n) is 6.45. The second-order valence-corrected chi connectivity index (χ2v) is 9.27. The fourth-order valence-electron chi connectivity index (χ4n) is 4.79. The molecule has 0 aromatic heterocycles. The van der Waals surface area contributed by atoms with Crippen molar-refractivity contribution in [3.05, 3.63) is 24.3 Å². The van der Waals surface area contributed by atoms with Gasteiger partial charge in [0.1, 0.15) is 5.60 Å². The van der Waals surface area contributed by atoms with Gasteiger partial charge in [-0.3, -0.25) is 9.59 Å². The summed E-state index contributed by atoms with van der Waals surface area (Å²) in [5.74, 6) is -1.26. The molecule has 2 aliphatic heterocycles. The zero-order valence-electron chi connectivity index (χ0n) is 18.9. The van der Waals surface area contributed by atoms with Crippen molar-refractivity contribution >= 4 is 11.8 Å². The largest absolute Gasteiger partial charge is 0.466 e. The number of carbonyl (C=O) groups excluding carboxylic acids is 2. The first-order chi connectivity index (χ1) is 14.9. The van der Waals surface area contributed by atoms with Gasteiger partial charge in [0.15, 0.2) is 11.6 Å². The van der Waals surface area contributed by atoms with E-state index >= 15 is 0 Å². The lowest BCUT2D eigenvalue weighted by atomic mass is 9.92. The molecule has 0 radical (unpaired) electrons. The Kier molecular flexibility index (Phi) is 8.87. The Labute approximate surface area is 186 Å². The molecule has 2 saturated heterocycles. The van der Waals surface area contributed by atoms with Crippen molar-refractivity contribution in [2.24, 2.45) is 0 Å². The first-order valence-corrected chi connectivity index (χ1v) is 12.1. The third kappa shape index (κ3) is 7.26. The zero-order valence-corrected chi connectivity index (χ0v) is 18.9. The Morgan fingerprint density at radius 3 is 2.48 bits per heavy atom. The number of ether oxygens (including phenoxy) is 3. The molecule has 6 heteroatoms. The summed E-state index contributed by atoms with van der Waals surface area (Å²) >= 11 is 0. The molecule has 31 heavy (non-hydrogen) atoms. The van der Waals surface area contributed by atoms with E-state index in [1.807, 2.05) is 0 Å². The lowest BCUT2D eigenvalue weighted by Crippen LogP contribution is -2.48. The van der Waals surface area contributed by atoms with E-state index in [-0.39, 0.29) is 18.2 Å². The molecule has 0 aromatic rings. The van der Waals surface area contributed by atoms with E-state index in [0.29, 0.717) is 32.3 Å². The Morgan fingerprint density at radius 1 is 1.10 bits per heavy atom. The van der Waals surface area contributed by atoms with Crippen LogP contribution in [0.15, 0.2) is 24.3 Å². The fourth-order valence-corrected chi connectivity index (χ4v) is 4.79. The van der Waals surface area contributed by atoms with Crippen LogP contribution in [0.1, 0.15) is 90.4 Å². The van der Waals surface area contributed by atoms with Crippen molar-refractivity contribution in [2.75, 3.05) is 6.61 Å². The average Bonchev–Trinajstić information content (AvgIpc) is 3.05. The number of allylic oxidation sites excluding steroid dienone is 2. The van der Waals surface area contributed by atoms with Crippen molar-refractivity contribution in [3.8, 4) is 0 Å². The molecule has 0 saturated carbocycles. The third-order valence-corrected chi connectivity index (χ3v) is 6.45. The summed E-state index contributed by atoms with van der Waals surface area (Å²) in [6.07, 6.45) is 17.3. The molecule has 0 amide bonds. The monoisotopic (exact) mass is 434 g/mol. The summed E-state index contributed by atoms with van der Waals surface area (Å²) in [6, 6.07) is 0. The number of carbonyl (C=O) groups is 2. The quantitative estimate of drug-likeness (QED) is 0.380. The lowest BCUT2D eigenvalue weighted by molar-refractivity contribution is -0.291. The summed E-state index contributed by atoms with van der Waals surface area (Å²) in [7, 11) is 0. The molecule has 2 heterocycles. The maximum Gasteiger partial charge on any atom is 0.308 e. The van der Waals surface area contributed by atoms with Gasteiger partial charge in [-0.1, -0.05) is 51.9 Å². The number of esters is 1.